The second-order valence-corrected chi connectivity index (χ2v) is 7.00. The van der Waals surface area contributed by atoms with Crippen LogP contribution in [0.5, 0.6) is 5.75 Å². The van der Waals surface area contributed by atoms with E-state index in [0.29, 0.717) is 12.0 Å². The predicted octanol–water partition coefficient (Wildman–Crippen LogP) is 3.82. The molecule has 134 valence electrons. The Kier molecular flexibility index (Phi) is 7.10. The zero-order valence-corrected chi connectivity index (χ0v) is 15.5. The van der Waals surface area contributed by atoms with Crippen molar-refractivity contribution in [1.82, 2.24) is 10.6 Å². The van der Waals surface area contributed by atoms with Crippen molar-refractivity contribution in [3.05, 3.63) is 29.8 Å². The van der Waals surface area contributed by atoms with Crippen molar-refractivity contribution in [1.29, 1.82) is 0 Å². The SMILES string of the molecule is CCC(NC(C)C(=O)NC1CCCCC1C)c1ccc(OC)cc1. The molecular formula is C20H32N2O2. The van der Waals surface area contributed by atoms with E-state index in [1.54, 1.807) is 7.11 Å². The number of benzene rings is 1. The van der Waals surface area contributed by atoms with Crippen LogP contribution in [0, 0.1) is 5.92 Å². The van der Waals surface area contributed by atoms with Gasteiger partial charge < -0.3 is 10.1 Å². The lowest BCUT2D eigenvalue weighted by Gasteiger charge is -2.31. The van der Waals surface area contributed by atoms with E-state index in [1.807, 2.05) is 19.1 Å². The minimum Gasteiger partial charge on any atom is -0.497 e. The fourth-order valence-corrected chi connectivity index (χ4v) is 3.50. The summed E-state index contributed by atoms with van der Waals surface area (Å²) in [5.41, 5.74) is 1.18. The lowest BCUT2D eigenvalue weighted by Crippen LogP contribution is -2.49. The van der Waals surface area contributed by atoms with Gasteiger partial charge in [0, 0.05) is 12.1 Å². The van der Waals surface area contributed by atoms with E-state index in [4.69, 9.17) is 4.74 Å². The van der Waals surface area contributed by atoms with Crippen molar-refractivity contribution in [2.24, 2.45) is 5.92 Å². The lowest BCUT2D eigenvalue weighted by atomic mass is 9.86. The monoisotopic (exact) mass is 332 g/mol. The maximum atomic E-state index is 12.5. The molecule has 0 spiro atoms. The van der Waals surface area contributed by atoms with Crippen molar-refractivity contribution in [3.63, 3.8) is 0 Å². The summed E-state index contributed by atoms with van der Waals surface area (Å²) in [4.78, 5) is 12.5. The maximum absolute atomic E-state index is 12.5. The summed E-state index contributed by atoms with van der Waals surface area (Å²) in [7, 11) is 1.67. The second-order valence-electron chi connectivity index (χ2n) is 7.00. The van der Waals surface area contributed by atoms with Crippen molar-refractivity contribution in [2.45, 2.75) is 71.0 Å². The summed E-state index contributed by atoms with van der Waals surface area (Å²) in [6.45, 7) is 6.33. The molecule has 4 unspecified atom stereocenters. The zero-order chi connectivity index (χ0) is 17.5. The third-order valence-electron chi connectivity index (χ3n) is 5.21. The number of carbonyl (C=O) groups is 1. The first-order valence-corrected chi connectivity index (χ1v) is 9.25. The molecule has 1 amide bonds. The van der Waals surface area contributed by atoms with Crippen LogP contribution in [0.2, 0.25) is 0 Å². The fraction of sp³-hybridized carbons (Fsp3) is 0.650. The summed E-state index contributed by atoms with van der Waals surface area (Å²) < 4.78 is 5.21. The predicted molar refractivity (Wildman–Crippen MR) is 98.2 cm³/mol. The normalized spacial score (nSPS) is 23.3. The maximum Gasteiger partial charge on any atom is 0.237 e. The van der Waals surface area contributed by atoms with Gasteiger partial charge in [-0.2, -0.15) is 0 Å². The number of carbonyl (C=O) groups excluding carboxylic acids is 1. The standard InChI is InChI=1S/C20H32N2O2/c1-5-18(16-10-12-17(24-4)13-11-16)21-15(3)20(23)22-19-9-7-6-8-14(19)2/h10-15,18-19,21H,5-9H2,1-4H3,(H,22,23). The van der Waals surface area contributed by atoms with Gasteiger partial charge in [-0.1, -0.05) is 38.8 Å². The van der Waals surface area contributed by atoms with E-state index in [1.165, 1.54) is 24.8 Å². The van der Waals surface area contributed by atoms with E-state index in [0.717, 1.165) is 18.6 Å². The summed E-state index contributed by atoms with van der Waals surface area (Å²) in [6, 6.07) is 8.35. The largest absolute Gasteiger partial charge is 0.497 e. The zero-order valence-electron chi connectivity index (χ0n) is 15.5. The first-order chi connectivity index (χ1) is 11.5. The van der Waals surface area contributed by atoms with E-state index < -0.39 is 0 Å². The molecule has 4 nitrogen and oxygen atoms in total. The molecular weight excluding hydrogens is 300 g/mol. The number of hydrogen-bond acceptors (Lipinski definition) is 3. The molecule has 1 fully saturated rings. The van der Waals surface area contributed by atoms with Gasteiger partial charge in [0.05, 0.1) is 13.2 Å². The van der Waals surface area contributed by atoms with Crippen molar-refractivity contribution < 1.29 is 9.53 Å². The van der Waals surface area contributed by atoms with E-state index in [2.05, 4.69) is 36.6 Å². The van der Waals surface area contributed by atoms with Crippen LogP contribution in [-0.4, -0.2) is 25.1 Å². The van der Waals surface area contributed by atoms with Crippen LogP contribution in [0.15, 0.2) is 24.3 Å². The molecule has 0 saturated heterocycles. The second kappa shape index (κ2) is 9.07. The van der Waals surface area contributed by atoms with Gasteiger partial charge in [-0.3, -0.25) is 10.1 Å². The number of nitrogens with one attached hydrogen (secondary N) is 2. The average Bonchev–Trinajstić information content (AvgIpc) is 2.61. The molecule has 2 rings (SSSR count). The summed E-state index contributed by atoms with van der Waals surface area (Å²) >= 11 is 0. The third kappa shape index (κ3) is 4.97. The van der Waals surface area contributed by atoms with Gasteiger partial charge in [-0.15, -0.1) is 0 Å². The van der Waals surface area contributed by atoms with Crippen LogP contribution in [0.4, 0.5) is 0 Å². The Balaban J connectivity index is 1.92. The molecule has 2 N–H and O–H groups in total. The topological polar surface area (TPSA) is 50.4 Å². The van der Waals surface area contributed by atoms with Crippen LogP contribution in [0.3, 0.4) is 0 Å². The minimum atomic E-state index is -0.203. The molecule has 0 radical (unpaired) electrons. The first kappa shape index (κ1) is 18.8. The molecule has 1 aromatic carbocycles. The molecule has 1 saturated carbocycles. The van der Waals surface area contributed by atoms with E-state index in [-0.39, 0.29) is 18.0 Å². The van der Waals surface area contributed by atoms with Gasteiger partial charge >= 0.3 is 0 Å². The number of rotatable bonds is 7. The molecule has 0 aliphatic heterocycles. The fourth-order valence-electron chi connectivity index (χ4n) is 3.50. The summed E-state index contributed by atoms with van der Waals surface area (Å²) in [5, 5.41) is 6.72. The lowest BCUT2D eigenvalue weighted by molar-refractivity contribution is -0.124. The highest BCUT2D eigenvalue weighted by Crippen LogP contribution is 2.24. The number of ether oxygens (including phenoxy) is 1. The highest BCUT2D eigenvalue weighted by molar-refractivity contribution is 5.81. The van der Waals surface area contributed by atoms with Crippen LogP contribution < -0.4 is 15.4 Å². The minimum absolute atomic E-state index is 0.112. The van der Waals surface area contributed by atoms with Gasteiger partial charge in [0.15, 0.2) is 0 Å². The van der Waals surface area contributed by atoms with Crippen molar-refractivity contribution in [2.75, 3.05) is 7.11 Å². The van der Waals surface area contributed by atoms with E-state index >= 15 is 0 Å². The Morgan fingerprint density at radius 2 is 1.92 bits per heavy atom. The molecule has 24 heavy (non-hydrogen) atoms. The molecule has 0 heterocycles. The molecule has 1 aromatic rings. The van der Waals surface area contributed by atoms with Crippen molar-refractivity contribution >= 4 is 5.91 Å². The van der Waals surface area contributed by atoms with Crippen LogP contribution in [0.1, 0.15) is 64.5 Å². The first-order valence-electron chi connectivity index (χ1n) is 9.25. The van der Waals surface area contributed by atoms with Crippen LogP contribution in [0.25, 0.3) is 0 Å². The molecule has 0 aromatic heterocycles. The third-order valence-corrected chi connectivity index (χ3v) is 5.21. The quantitative estimate of drug-likeness (QED) is 0.798. The molecule has 1 aliphatic carbocycles. The van der Waals surface area contributed by atoms with Gasteiger partial charge in [0.1, 0.15) is 5.75 Å². The number of amides is 1. The molecule has 0 bridgehead atoms. The number of hydrogen-bond donors (Lipinski definition) is 2. The summed E-state index contributed by atoms with van der Waals surface area (Å²) in [5.74, 6) is 1.55. The highest BCUT2D eigenvalue weighted by atomic mass is 16.5. The Labute approximate surface area is 146 Å². The Bertz CT molecular complexity index is 515. The van der Waals surface area contributed by atoms with Gasteiger partial charge in [-0.05, 0) is 49.8 Å². The molecule has 4 heteroatoms. The summed E-state index contributed by atoms with van der Waals surface area (Å²) in [6.07, 6.45) is 5.77. The van der Waals surface area contributed by atoms with Crippen molar-refractivity contribution in [3.8, 4) is 5.75 Å². The number of methoxy groups -OCH3 is 1. The van der Waals surface area contributed by atoms with Gasteiger partial charge in [0.25, 0.3) is 0 Å². The van der Waals surface area contributed by atoms with Gasteiger partial charge in [-0.25, -0.2) is 0 Å². The Morgan fingerprint density at radius 1 is 1.25 bits per heavy atom. The Hall–Kier alpha value is -1.55. The molecule has 1 aliphatic rings. The van der Waals surface area contributed by atoms with Crippen LogP contribution in [-0.2, 0) is 4.79 Å². The highest BCUT2D eigenvalue weighted by Gasteiger charge is 2.25. The van der Waals surface area contributed by atoms with Crippen LogP contribution >= 0.6 is 0 Å². The molecule has 4 atom stereocenters. The van der Waals surface area contributed by atoms with Gasteiger partial charge in [0.2, 0.25) is 5.91 Å². The smallest absolute Gasteiger partial charge is 0.237 e. The van der Waals surface area contributed by atoms with E-state index in [9.17, 15) is 4.79 Å². The Morgan fingerprint density at radius 3 is 2.50 bits per heavy atom. The average molecular weight is 332 g/mol.